The summed E-state index contributed by atoms with van der Waals surface area (Å²) in [5, 5.41) is 9.29. The summed E-state index contributed by atoms with van der Waals surface area (Å²) in [5.74, 6) is -0.419. The van der Waals surface area contributed by atoms with Crippen LogP contribution in [-0.4, -0.2) is 31.1 Å². The van der Waals surface area contributed by atoms with Gasteiger partial charge in [0.05, 0.1) is 18.9 Å². The van der Waals surface area contributed by atoms with Gasteiger partial charge in [-0.15, -0.1) is 0 Å². The predicted molar refractivity (Wildman–Crippen MR) is 37.6 cm³/mol. The maximum atomic E-state index is 12.1. The van der Waals surface area contributed by atoms with E-state index in [-0.39, 0.29) is 6.61 Å². The summed E-state index contributed by atoms with van der Waals surface area (Å²) in [6.45, 7) is 2.88. The molecule has 0 fully saturated rings. The third-order valence-electron chi connectivity index (χ3n) is 1.55. The Labute approximate surface area is 61.0 Å². The number of halogens is 1. The van der Waals surface area contributed by atoms with E-state index in [1.54, 1.807) is 13.8 Å². The fourth-order valence-corrected chi connectivity index (χ4v) is 0.638. The molecule has 0 amide bonds. The Bertz CT molecular complexity index is 88.1. The van der Waals surface area contributed by atoms with Crippen LogP contribution in [-0.2, 0) is 4.74 Å². The molecule has 0 aliphatic heterocycles. The molecule has 0 aromatic carbocycles. The largest absolute Gasteiger partial charge is 0.390 e. The van der Waals surface area contributed by atoms with Crippen molar-refractivity contribution < 1.29 is 14.2 Å². The van der Waals surface area contributed by atoms with Gasteiger partial charge in [0.15, 0.2) is 0 Å². The van der Waals surface area contributed by atoms with Crippen molar-refractivity contribution in [1.82, 2.24) is 0 Å². The Morgan fingerprint density at radius 1 is 1.60 bits per heavy atom. The van der Waals surface area contributed by atoms with E-state index in [1.165, 1.54) is 7.11 Å². The molecular formula is C7H15FO2. The minimum Gasteiger partial charge on any atom is -0.390 e. The minimum absolute atomic E-state index is 0.264. The van der Waals surface area contributed by atoms with Gasteiger partial charge in [0.25, 0.3) is 0 Å². The molecule has 0 aliphatic carbocycles. The standard InChI is InChI=1S/C7H15FO2/c1-7(2,9)6(4-8)5-10-3/h6,9H,4-5H2,1-3H3. The summed E-state index contributed by atoms with van der Waals surface area (Å²) in [6.07, 6.45) is 0. The SMILES string of the molecule is COCC(CF)C(C)(C)O. The van der Waals surface area contributed by atoms with Gasteiger partial charge in [0.2, 0.25) is 0 Å². The van der Waals surface area contributed by atoms with Gasteiger partial charge in [-0.05, 0) is 13.8 Å². The van der Waals surface area contributed by atoms with Crippen LogP contribution in [0.25, 0.3) is 0 Å². The highest BCUT2D eigenvalue weighted by atomic mass is 19.1. The second-order valence-electron chi connectivity index (χ2n) is 2.96. The molecule has 0 heterocycles. The van der Waals surface area contributed by atoms with Crippen molar-refractivity contribution in [1.29, 1.82) is 0 Å². The number of alkyl halides is 1. The molecule has 1 unspecified atom stereocenters. The highest BCUT2D eigenvalue weighted by Crippen LogP contribution is 2.16. The first kappa shape index (κ1) is 9.85. The Morgan fingerprint density at radius 2 is 2.10 bits per heavy atom. The highest BCUT2D eigenvalue weighted by Gasteiger charge is 2.26. The number of hydrogen-bond acceptors (Lipinski definition) is 2. The van der Waals surface area contributed by atoms with Gasteiger partial charge in [-0.1, -0.05) is 0 Å². The molecule has 1 N–H and O–H groups in total. The quantitative estimate of drug-likeness (QED) is 0.647. The second kappa shape index (κ2) is 3.88. The van der Waals surface area contributed by atoms with E-state index >= 15 is 0 Å². The summed E-state index contributed by atoms with van der Waals surface area (Å²) in [7, 11) is 1.49. The molecule has 0 bridgehead atoms. The monoisotopic (exact) mass is 150 g/mol. The van der Waals surface area contributed by atoms with Gasteiger partial charge in [-0.2, -0.15) is 0 Å². The van der Waals surface area contributed by atoms with Gasteiger partial charge in [0.1, 0.15) is 0 Å². The van der Waals surface area contributed by atoms with Crippen LogP contribution in [0.1, 0.15) is 13.8 Å². The molecule has 62 valence electrons. The third-order valence-corrected chi connectivity index (χ3v) is 1.55. The lowest BCUT2D eigenvalue weighted by molar-refractivity contribution is -0.0281. The smallest absolute Gasteiger partial charge is 0.0972 e. The van der Waals surface area contributed by atoms with Gasteiger partial charge in [0, 0.05) is 13.0 Å². The van der Waals surface area contributed by atoms with E-state index in [0.717, 1.165) is 0 Å². The zero-order chi connectivity index (χ0) is 8.20. The molecule has 0 saturated carbocycles. The van der Waals surface area contributed by atoms with Crippen LogP contribution in [0, 0.1) is 5.92 Å². The van der Waals surface area contributed by atoms with Crippen molar-refractivity contribution in [2.75, 3.05) is 20.4 Å². The van der Waals surface area contributed by atoms with E-state index in [1.807, 2.05) is 0 Å². The average molecular weight is 150 g/mol. The maximum absolute atomic E-state index is 12.1. The minimum atomic E-state index is -0.981. The lowest BCUT2D eigenvalue weighted by Gasteiger charge is -2.25. The summed E-state index contributed by atoms with van der Waals surface area (Å²) < 4.78 is 16.8. The van der Waals surface area contributed by atoms with E-state index in [2.05, 4.69) is 0 Å². The van der Waals surface area contributed by atoms with Gasteiger partial charge in [-0.3, -0.25) is 4.39 Å². The zero-order valence-electron chi connectivity index (χ0n) is 6.72. The van der Waals surface area contributed by atoms with Crippen LogP contribution in [0.2, 0.25) is 0 Å². The first-order chi connectivity index (χ1) is 4.52. The number of methoxy groups -OCH3 is 1. The van der Waals surface area contributed by atoms with Crippen molar-refractivity contribution in [3.05, 3.63) is 0 Å². The van der Waals surface area contributed by atoms with Crippen LogP contribution in [0.5, 0.6) is 0 Å². The fourth-order valence-electron chi connectivity index (χ4n) is 0.638. The van der Waals surface area contributed by atoms with Gasteiger partial charge < -0.3 is 9.84 Å². The van der Waals surface area contributed by atoms with Gasteiger partial charge >= 0.3 is 0 Å². The summed E-state index contributed by atoms with van der Waals surface area (Å²) in [4.78, 5) is 0. The van der Waals surface area contributed by atoms with Crippen molar-refractivity contribution in [3.8, 4) is 0 Å². The van der Waals surface area contributed by atoms with Crippen LogP contribution in [0.15, 0.2) is 0 Å². The van der Waals surface area contributed by atoms with Crippen LogP contribution in [0.4, 0.5) is 4.39 Å². The van der Waals surface area contributed by atoms with Crippen LogP contribution in [0.3, 0.4) is 0 Å². The van der Waals surface area contributed by atoms with E-state index in [9.17, 15) is 9.50 Å². The Morgan fingerprint density at radius 3 is 2.20 bits per heavy atom. The molecular weight excluding hydrogens is 135 g/mol. The lowest BCUT2D eigenvalue weighted by atomic mass is 9.93. The van der Waals surface area contributed by atoms with Crippen molar-refractivity contribution >= 4 is 0 Å². The van der Waals surface area contributed by atoms with Crippen LogP contribution >= 0.6 is 0 Å². The fraction of sp³-hybridized carbons (Fsp3) is 1.00. The zero-order valence-corrected chi connectivity index (χ0v) is 6.72. The Hall–Kier alpha value is -0.150. The summed E-state index contributed by atoms with van der Waals surface area (Å²) in [6, 6.07) is 0. The normalized spacial score (nSPS) is 15.3. The first-order valence-electron chi connectivity index (χ1n) is 3.29. The molecule has 0 radical (unpaired) electrons. The topological polar surface area (TPSA) is 29.5 Å². The number of aliphatic hydroxyl groups is 1. The van der Waals surface area contributed by atoms with Gasteiger partial charge in [-0.25, -0.2) is 0 Å². The molecule has 0 saturated heterocycles. The molecule has 2 nitrogen and oxygen atoms in total. The number of hydrogen-bond donors (Lipinski definition) is 1. The highest BCUT2D eigenvalue weighted by molar-refractivity contribution is 4.75. The van der Waals surface area contributed by atoms with E-state index < -0.39 is 18.2 Å². The Balaban J connectivity index is 3.81. The lowest BCUT2D eigenvalue weighted by Crippen LogP contribution is -2.35. The molecule has 0 aromatic heterocycles. The summed E-state index contributed by atoms with van der Waals surface area (Å²) >= 11 is 0. The maximum Gasteiger partial charge on any atom is 0.0972 e. The Kier molecular flexibility index (Phi) is 3.83. The molecule has 0 aromatic rings. The molecule has 0 aliphatic rings. The molecule has 10 heavy (non-hydrogen) atoms. The van der Waals surface area contributed by atoms with Crippen molar-refractivity contribution in [3.63, 3.8) is 0 Å². The summed E-state index contributed by atoms with van der Waals surface area (Å²) in [5.41, 5.74) is -0.981. The molecule has 0 rings (SSSR count). The van der Waals surface area contributed by atoms with Crippen LogP contribution < -0.4 is 0 Å². The molecule has 1 atom stereocenters. The molecule has 0 spiro atoms. The van der Waals surface area contributed by atoms with Crippen molar-refractivity contribution in [2.24, 2.45) is 5.92 Å². The number of ether oxygens (including phenoxy) is 1. The third kappa shape index (κ3) is 3.13. The number of rotatable bonds is 4. The first-order valence-corrected chi connectivity index (χ1v) is 3.29. The van der Waals surface area contributed by atoms with E-state index in [4.69, 9.17) is 4.74 Å². The average Bonchev–Trinajstić information content (AvgIpc) is 1.80. The second-order valence-corrected chi connectivity index (χ2v) is 2.96. The van der Waals surface area contributed by atoms with Crippen molar-refractivity contribution in [2.45, 2.75) is 19.4 Å². The molecule has 3 heteroatoms. The van der Waals surface area contributed by atoms with E-state index in [0.29, 0.717) is 0 Å². The predicted octanol–water partition coefficient (Wildman–Crippen LogP) is 0.989.